The molecule has 2 aromatic carbocycles. The van der Waals surface area contributed by atoms with E-state index in [2.05, 4.69) is 14.6 Å². The summed E-state index contributed by atoms with van der Waals surface area (Å²) >= 11 is 13.2. The maximum atomic E-state index is 13.8. The highest BCUT2D eigenvalue weighted by atomic mass is 35.5. The number of rotatable bonds is 14. The van der Waals surface area contributed by atoms with Crippen molar-refractivity contribution in [3.63, 3.8) is 0 Å². The van der Waals surface area contributed by atoms with Gasteiger partial charge in [0, 0.05) is 47.8 Å². The summed E-state index contributed by atoms with van der Waals surface area (Å²) in [4.78, 5) is 63.2. The number of amides is 2. The van der Waals surface area contributed by atoms with E-state index >= 15 is 0 Å². The smallest absolute Gasteiger partial charge is 0.487 e. The van der Waals surface area contributed by atoms with Crippen LogP contribution in [0.3, 0.4) is 0 Å². The molecule has 0 saturated carbocycles. The third-order valence-corrected chi connectivity index (χ3v) is 12.3. The van der Waals surface area contributed by atoms with E-state index in [-0.39, 0.29) is 58.4 Å². The van der Waals surface area contributed by atoms with Gasteiger partial charge in [-0.2, -0.15) is 44.2 Å². The summed E-state index contributed by atoms with van der Waals surface area (Å²) < 4.78 is 132. The normalized spacial score (nSPS) is 14.4. The molecule has 29 heteroatoms. The molecule has 0 aliphatic carbocycles. The number of carbonyl (C=O) groups excluding carboxylic acids is 2. The standard InChI is InChI=1S/C35H48Cl2N6O5S.3C2HF3O2/c1-7-35(4,34(45)43-19-17-42(18-20-43)33(44)28(38)12-8-9-16-41(5)6)40-49(46,47)30-15-14-27(36)26(31(30)37)22-48-29-13-10-11-25-23(2)21-24(3)39-32(25)29;3*3-2(4,5)1(6)7/h10-11,13-15,21,28,40H,7-9,12,16-20,22,38H2,1-6H3;3*(H,6,7)/t28-,35-;;;/m0.../s1. The van der Waals surface area contributed by atoms with E-state index in [1.807, 2.05) is 46.1 Å². The molecule has 1 fully saturated rings. The minimum absolute atomic E-state index is 0.100. The van der Waals surface area contributed by atoms with Gasteiger partial charge in [-0.3, -0.25) is 9.59 Å². The molecular formula is C41H51Cl2F9N6O11S. The summed E-state index contributed by atoms with van der Waals surface area (Å²) in [7, 11) is -0.290. The number of nitrogens with one attached hydrogen (secondary N) is 1. The number of fused-ring (bicyclic) bond motifs is 1. The van der Waals surface area contributed by atoms with Crippen molar-refractivity contribution in [3.05, 3.63) is 63.3 Å². The van der Waals surface area contributed by atoms with Gasteiger partial charge in [0.25, 0.3) is 0 Å². The van der Waals surface area contributed by atoms with Crippen molar-refractivity contribution >= 4 is 73.9 Å². The van der Waals surface area contributed by atoms with Gasteiger partial charge in [0.1, 0.15) is 28.3 Å². The zero-order valence-corrected chi connectivity index (χ0v) is 40.5. The second-order valence-electron chi connectivity index (χ2n) is 15.6. The van der Waals surface area contributed by atoms with Crippen molar-refractivity contribution in [3.8, 4) is 5.75 Å². The number of nitrogens with two attached hydrogens (primary N) is 1. The number of sulfonamides is 1. The van der Waals surface area contributed by atoms with Crippen molar-refractivity contribution in [2.45, 2.75) is 95.0 Å². The molecule has 0 spiro atoms. The van der Waals surface area contributed by atoms with E-state index in [9.17, 15) is 57.5 Å². The van der Waals surface area contributed by atoms with Crippen LogP contribution >= 0.6 is 23.2 Å². The zero-order chi connectivity index (χ0) is 54.3. The molecule has 1 aromatic heterocycles. The first-order valence-corrected chi connectivity index (χ1v) is 22.5. The Kier molecular flexibility index (Phi) is 23.6. The fraction of sp³-hybridized carbons (Fsp3) is 0.512. The SMILES string of the molecule is CC[C@](C)(NS(=O)(=O)c1ccc(Cl)c(COc2cccc3c(C)cc(C)nc23)c1Cl)C(=O)N1CCN(C(=O)[C@@H](N)CCCCN(C)C)CC1.O=C(O)C(F)(F)F.O=C(O)C(F)(F)F.O=C(O)C(F)(F)F. The summed E-state index contributed by atoms with van der Waals surface area (Å²) in [5, 5.41) is 22.4. The van der Waals surface area contributed by atoms with Crippen LogP contribution < -0.4 is 15.2 Å². The molecule has 0 bridgehead atoms. The number of aliphatic carboxylic acids is 3. The molecule has 394 valence electrons. The van der Waals surface area contributed by atoms with Gasteiger partial charge in [0.2, 0.25) is 21.8 Å². The molecule has 0 radical (unpaired) electrons. The number of piperazine rings is 1. The predicted octanol–water partition coefficient (Wildman–Crippen LogP) is 6.81. The first-order valence-electron chi connectivity index (χ1n) is 20.3. The van der Waals surface area contributed by atoms with Crippen LogP contribution in [0.2, 0.25) is 10.0 Å². The molecule has 2 heterocycles. The number of para-hydroxylation sites is 1. The minimum atomic E-state index is -5.08. The Bertz CT molecular complexity index is 2370. The van der Waals surface area contributed by atoms with Crippen LogP contribution in [0.15, 0.2) is 41.3 Å². The number of hydrogen-bond donors (Lipinski definition) is 5. The highest BCUT2D eigenvalue weighted by Crippen LogP contribution is 2.35. The Balaban J connectivity index is 0.000000967. The zero-order valence-electron chi connectivity index (χ0n) is 38.2. The van der Waals surface area contributed by atoms with Crippen LogP contribution in [0.1, 0.15) is 56.4 Å². The van der Waals surface area contributed by atoms with Gasteiger partial charge in [-0.25, -0.2) is 27.8 Å². The second-order valence-corrected chi connectivity index (χ2v) is 18.0. The third kappa shape index (κ3) is 19.5. The molecule has 1 aliphatic rings. The summed E-state index contributed by atoms with van der Waals surface area (Å²) in [6.45, 7) is 9.19. The number of pyridine rings is 1. The van der Waals surface area contributed by atoms with Gasteiger partial charge in [-0.05, 0) is 90.5 Å². The van der Waals surface area contributed by atoms with Crippen molar-refractivity contribution in [2.24, 2.45) is 5.73 Å². The van der Waals surface area contributed by atoms with E-state index in [1.54, 1.807) is 29.7 Å². The number of carbonyl (C=O) groups is 5. The highest BCUT2D eigenvalue weighted by molar-refractivity contribution is 7.89. The molecule has 6 N–H and O–H groups in total. The van der Waals surface area contributed by atoms with E-state index in [0.29, 0.717) is 30.8 Å². The van der Waals surface area contributed by atoms with Crippen molar-refractivity contribution in [2.75, 3.05) is 46.8 Å². The highest BCUT2D eigenvalue weighted by Gasteiger charge is 2.42. The average molecular weight is 1080 g/mol. The van der Waals surface area contributed by atoms with Crippen molar-refractivity contribution in [1.82, 2.24) is 24.4 Å². The van der Waals surface area contributed by atoms with E-state index < -0.39 is 58.0 Å². The largest absolute Gasteiger partial charge is 0.490 e. The number of hydrogen-bond acceptors (Lipinski definition) is 11. The number of unbranched alkanes of at least 4 members (excludes halogenated alkanes) is 1. The summed E-state index contributed by atoms with van der Waals surface area (Å²) in [6.07, 6.45) is -12.7. The number of aryl methyl sites for hydroxylation is 2. The number of ether oxygens (including phenoxy) is 1. The molecule has 1 saturated heterocycles. The van der Waals surface area contributed by atoms with Crippen LogP contribution in [0.4, 0.5) is 39.5 Å². The van der Waals surface area contributed by atoms with Crippen LogP contribution in [0, 0.1) is 13.8 Å². The van der Waals surface area contributed by atoms with Gasteiger partial charge in [-0.15, -0.1) is 0 Å². The minimum Gasteiger partial charge on any atom is -0.487 e. The lowest BCUT2D eigenvalue weighted by atomic mass is 9.98. The first kappa shape index (κ1) is 62.8. The molecule has 17 nitrogen and oxygen atoms in total. The Morgan fingerprint density at radius 1 is 0.843 bits per heavy atom. The van der Waals surface area contributed by atoms with Crippen LogP contribution in [0.25, 0.3) is 10.9 Å². The number of nitrogens with zero attached hydrogens (tertiary/aromatic N) is 4. The topological polar surface area (TPSA) is 250 Å². The van der Waals surface area contributed by atoms with E-state index in [1.165, 1.54) is 12.1 Å². The van der Waals surface area contributed by atoms with Crippen molar-refractivity contribution in [1.29, 1.82) is 0 Å². The quantitative estimate of drug-likeness (QED) is 0.0822. The van der Waals surface area contributed by atoms with E-state index in [0.717, 1.165) is 36.0 Å². The number of carboxylic acid groups (broad SMARTS) is 3. The maximum Gasteiger partial charge on any atom is 0.490 e. The first-order chi connectivity index (χ1) is 31.9. The van der Waals surface area contributed by atoms with Gasteiger partial charge in [-0.1, -0.05) is 48.7 Å². The predicted molar refractivity (Wildman–Crippen MR) is 236 cm³/mol. The van der Waals surface area contributed by atoms with Gasteiger partial charge in [0.05, 0.1) is 11.1 Å². The molecule has 2 amide bonds. The van der Waals surface area contributed by atoms with Gasteiger partial charge < -0.3 is 40.5 Å². The van der Waals surface area contributed by atoms with Gasteiger partial charge in [0.15, 0.2) is 0 Å². The molecular weight excluding hydrogens is 1030 g/mol. The molecule has 3 aromatic rings. The fourth-order valence-corrected chi connectivity index (χ4v) is 8.31. The van der Waals surface area contributed by atoms with Crippen LogP contribution in [-0.2, 0) is 40.6 Å². The number of alkyl halides is 9. The Labute approximate surface area is 405 Å². The molecule has 4 rings (SSSR count). The molecule has 0 unspecified atom stereocenters. The Morgan fingerprint density at radius 3 is 1.79 bits per heavy atom. The maximum absolute atomic E-state index is 13.8. The lowest BCUT2D eigenvalue weighted by molar-refractivity contribution is -0.193. The Morgan fingerprint density at radius 2 is 1.33 bits per heavy atom. The third-order valence-electron chi connectivity index (χ3n) is 9.78. The molecule has 2 atom stereocenters. The molecule has 70 heavy (non-hydrogen) atoms. The van der Waals surface area contributed by atoms with Crippen LogP contribution in [-0.4, -0.2) is 150 Å². The van der Waals surface area contributed by atoms with Gasteiger partial charge >= 0.3 is 36.4 Å². The number of benzene rings is 2. The monoisotopic (exact) mass is 1080 g/mol. The number of carboxylic acids is 3. The Hall–Kier alpha value is -5.22. The number of aromatic nitrogens is 1. The number of halogens is 11. The molecule has 1 aliphatic heterocycles. The van der Waals surface area contributed by atoms with E-state index in [4.69, 9.17) is 63.4 Å². The summed E-state index contributed by atoms with van der Waals surface area (Å²) in [6, 6.07) is 9.77. The van der Waals surface area contributed by atoms with Crippen molar-refractivity contribution < 1.29 is 92.0 Å². The fourth-order valence-electron chi connectivity index (χ4n) is 5.99. The second kappa shape index (κ2) is 26.3. The summed E-state index contributed by atoms with van der Waals surface area (Å²) in [5.74, 6) is -8.28. The average Bonchev–Trinajstić information content (AvgIpc) is 3.24. The summed E-state index contributed by atoms with van der Waals surface area (Å²) in [5.41, 5.74) is 7.58. The van der Waals surface area contributed by atoms with Crippen LogP contribution in [0.5, 0.6) is 5.75 Å². The lowest BCUT2D eigenvalue weighted by Gasteiger charge is -2.40. The lowest BCUT2D eigenvalue weighted by Crippen LogP contribution is -2.62.